The lowest BCUT2D eigenvalue weighted by Gasteiger charge is -2.02. The minimum Gasteiger partial charge on any atom is -0.416 e. The maximum absolute atomic E-state index is 12.0. The summed E-state index contributed by atoms with van der Waals surface area (Å²) < 4.78 is 6.57. The van der Waals surface area contributed by atoms with Crippen LogP contribution in [0.25, 0.3) is 0 Å². The van der Waals surface area contributed by atoms with Crippen molar-refractivity contribution >= 4 is 5.78 Å². The fraction of sp³-hybridized carbons (Fsp3) is 0.154. The molecular weight excluding hydrogens is 232 g/mol. The van der Waals surface area contributed by atoms with Gasteiger partial charge in [0.05, 0.1) is 6.20 Å². The molecule has 0 bridgehead atoms. The van der Waals surface area contributed by atoms with Crippen LogP contribution in [0.5, 0.6) is 5.88 Å². The lowest BCUT2D eigenvalue weighted by atomic mass is 10.1. The van der Waals surface area contributed by atoms with Crippen LogP contribution in [0.2, 0.25) is 0 Å². The van der Waals surface area contributed by atoms with Gasteiger partial charge in [-0.2, -0.15) is 4.57 Å². The molecule has 1 heterocycles. The van der Waals surface area contributed by atoms with Gasteiger partial charge in [0.25, 0.3) is 0 Å². The number of hydrogen-bond donors (Lipinski definition) is 1. The number of rotatable bonds is 5. The first-order chi connectivity index (χ1) is 8.81. The van der Waals surface area contributed by atoms with E-state index in [9.17, 15) is 4.79 Å². The summed E-state index contributed by atoms with van der Waals surface area (Å²) in [6.45, 7) is -0.312. The smallest absolute Gasteiger partial charge is 0.389 e. The summed E-state index contributed by atoms with van der Waals surface area (Å²) in [5.41, 5.74) is 0.636. The van der Waals surface area contributed by atoms with Crippen molar-refractivity contribution in [1.82, 2.24) is 4.98 Å². The molecule has 0 amide bonds. The van der Waals surface area contributed by atoms with Crippen molar-refractivity contribution in [3.05, 3.63) is 54.5 Å². The predicted octanol–water partition coefficient (Wildman–Crippen LogP) is 0.581. The van der Waals surface area contributed by atoms with Gasteiger partial charge in [-0.1, -0.05) is 30.3 Å². The highest BCUT2D eigenvalue weighted by Gasteiger charge is 2.17. The zero-order valence-corrected chi connectivity index (χ0v) is 9.69. The Labute approximate surface area is 104 Å². The number of aliphatic hydroxyl groups is 1. The maximum Gasteiger partial charge on any atom is 0.389 e. The molecule has 1 N–H and O–H groups in total. The average Bonchev–Trinajstić information content (AvgIpc) is 2.42. The number of ether oxygens (including phenoxy) is 1. The molecular formula is C13H13N2O3+. The first-order valence-corrected chi connectivity index (χ1v) is 5.46. The molecule has 0 radical (unpaired) electrons. The van der Waals surface area contributed by atoms with Crippen molar-refractivity contribution in [2.45, 2.75) is 6.54 Å². The van der Waals surface area contributed by atoms with E-state index < -0.39 is 6.79 Å². The van der Waals surface area contributed by atoms with E-state index in [0.29, 0.717) is 11.4 Å². The summed E-state index contributed by atoms with van der Waals surface area (Å²) in [6.07, 6.45) is 4.64. The van der Waals surface area contributed by atoms with Crippen LogP contribution in [0.4, 0.5) is 0 Å². The third-order valence-electron chi connectivity index (χ3n) is 2.42. The molecule has 0 aliphatic rings. The highest BCUT2D eigenvalue weighted by molar-refractivity contribution is 5.94. The zero-order valence-electron chi connectivity index (χ0n) is 9.69. The van der Waals surface area contributed by atoms with Gasteiger partial charge in [0.2, 0.25) is 12.3 Å². The number of aliphatic hydroxyl groups excluding tert-OH is 1. The number of carbonyl (C=O) groups excluding carboxylic acids is 1. The summed E-state index contributed by atoms with van der Waals surface area (Å²) in [5, 5.41) is 8.75. The summed E-state index contributed by atoms with van der Waals surface area (Å²) in [5.74, 6) is 0.318. The van der Waals surface area contributed by atoms with Gasteiger partial charge in [0, 0.05) is 5.56 Å². The molecule has 0 saturated carbocycles. The van der Waals surface area contributed by atoms with Gasteiger partial charge in [0.1, 0.15) is 6.20 Å². The maximum atomic E-state index is 12.0. The van der Waals surface area contributed by atoms with Crippen molar-refractivity contribution in [1.29, 1.82) is 0 Å². The topological polar surface area (TPSA) is 63.3 Å². The van der Waals surface area contributed by atoms with Crippen LogP contribution in [0.3, 0.4) is 0 Å². The fourth-order valence-corrected chi connectivity index (χ4v) is 1.56. The SMILES string of the molecule is O=C(C[n+]1ccncc1OCO)c1ccccc1. The van der Waals surface area contributed by atoms with E-state index >= 15 is 0 Å². The fourth-order valence-electron chi connectivity index (χ4n) is 1.56. The highest BCUT2D eigenvalue weighted by Crippen LogP contribution is 2.03. The second kappa shape index (κ2) is 5.88. The van der Waals surface area contributed by atoms with Crippen molar-refractivity contribution in [2.75, 3.05) is 6.79 Å². The molecule has 5 heteroatoms. The Bertz CT molecular complexity index is 529. The first kappa shape index (κ1) is 12.2. The lowest BCUT2D eigenvalue weighted by molar-refractivity contribution is -0.689. The molecule has 1 aromatic heterocycles. The Morgan fingerprint density at radius 1 is 1.33 bits per heavy atom. The van der Waals surface area contributed by atoms with E-state index in [1.807, 2.05) is 18.2 Å². The molecule has 2 rings (SSSR count). The van der Waals surface area contributed by atoms with Gasteiger partial charge in [-0.3, -0.25) is 4.79 Å². The quantitative estimate of drug-likeness (QED) is 0.475. The van der Waals surface area contributed by atoms with Gasteiger partial charge < -0.3 is 9.84 Å². The summed E-state index contributed by atoms with van der Waals surface area (Å²) >= 11 is 0. The molecule has 0 saturated heterocycles. The number of nitrogens with zero attached hydrogens (tertiary/aromatic N) is 2. The Morgan fingerprint density at radius 3 is 2.83 bits per heavy atom. The number of hydrogen-bond acceptors (Lipinski definition) is 4. The van der Waals surface area contributed by atoms with Crippen LogP contribution in [0.15, 0.2) is 48.9 Å². The number of aromatic nitrogens is 2. The molecule has 0 spiro atoms. The molecule has 2 aromatic rings. The second-order valence-corrected chi connectivity index (χ2v) is 3.61. The molecule has 1 aromatic carbocycles. The molecule has 0 atom stereocenters. The molecule has 18 heavy (non-hydrogen) atoms. The molecule has 5 nitrogen and oxygen atoms in total. The molecule has 0 aliphatic carbocycles. The minimum atomic E-state index is -0.453. The Hall–Kier alpha value is -2.27. The van der Waals surface area contributed by atoms with Crippen LogP contribution in [0, 0.1) is 0 Å². The summed E-state index contributed by atoms with van der Waals surface area (Å²) in [4.78, 5) is 15.9. The van der Waals surface area contributed by atoms with Crippen LogP contribution >= 0.6 is 0 Å². The Kier molecular flexibility index (Phi) is 3.98. The van der Waals surface area contributed by atoms with E-state index in [2.05, 4.69) is 4.98 Å². The second-order valence-electron chi connectivity index (χ2n) is 3.61. The normalized spacial score (nSPS) is 10.1. The van der Waals surface area contributed by atoms with Crippen molar-refractivity contribution in [3.63, 3.8) is 0 Å². The van der Waals surface area contributed by atoms with Crippen LogP contribution in [-0.2, 0) is 6.54 Å². The molecule has 0 aliphatic heterocycles. The van der Waals surface area contributed by atoms with E-state index in [1.54, 1.807) is 29.1 Å². The number of Topliss-reactive ketones (excluding diaryl/α,β-unsaturated/α-hetero) is 1. The molecule has 92 valence electrons. The lowest BCUT2D eigenvalue weighted by Crippen LogP contribution is -2.39. The van der Waals surface area contributed by atoms with Crippen molar-refractivity contribution in [3.8, 4) is 5.88 Å². The zero-order chi connectivity index (χ0) is 12.8. The third kappa shape index (κ3) is 2.89. The largest absolute Gasteiger partial charge is 0.416 e. The molecule has 0 unspecified atom stereocenters. The van der Waals surface area contributed by atoms with Crippen molar-refractivity contribution in [2.24, 2.45) is 0 Å². The van der Waals surface area contributed by atoms with E-state index in [4.69, 9.17) is 9.84 Å². The molecule has 0 fully saturated rings. The number of ketones is 1. The summed E-state index contributed by atoms with van der Waals surface area (Å²) in [7, 11) is 0. The average molecular weight is 245 g/mol. The predicted molar refractivity (Wildman–Crippen MR) is 62.9 cm³/mol. The Balaban J connectivity index is 2.17. The van der Waals surface area contributed by atoms with Gasteiger partial charge in [-0.25, -0.2) is 4.98 Å². The van der Waals surface area contributed by atoms with E-state index in [0.717, 1.165) is 0 Å². The summed E-state index contributed by atoms with van der Waals surface area (Å²) in [6, 6.07) is 9.01. The van der Waals surface area contributed by atoms with Gasteiger partial charge in [-0.05, 0) is 0 Å². The van der Waals surface area contributed by atoms with Gasteiger partial charge in [-0.15, -0.1) is 0 Å². The van der Waals surface area contributed by atoms with E-state index in [-0.39, 0.29) is 12.3 Å². The number of benzene rings is 1. The van der Waals surface area contributed by atoms with Gasteiger partial charge >= 0.3 is 5.88 Å². The minimum absolute atomic E-state index is 0.0328. The number of carbonyl (C=O) groups is 1. The van der Waals surface area contributed by atoms with Crippen LogP contribution in [-0.4, -0.2) is 22.7 Å². The van der Waals surface area contributed by atoms with Crippen LogP contribution in [0.1, 0.15) is 10.4 Å². The van der Waals surface area contributed by atoms with Crippen LogP contribution < -0.4 is 9.30 Å². The standard InChI is InChI=1S/C13H13N2O3/c16-10-18-13-8-14-6-7-15(13)9-12(17)11-4-2-1-3-5-11/h1-8,16H,9-10H2/q+1. The third-order valence-corrected chi connectivity index (χ3v) is 2.42. The first-order valence-electron chi connectivity index (χ1n) is 5.46. The van der Waals surface area contributed by atoms with Crippen molar-refractivity contribution < 1.29 is 19.2 Å². The van der Waals surface area contributed by atoms with E-state index in [1.165, 1.54) is 6.20 Å². The Morgan fingerprint density at radius 2 is 2.11 bits per heavy atom. The van der Waals surface area contributed by atoms with Gasteiger partial charge in [0.15, 0.2) is 13.0 Å². The highest BCUT2D eigenvalue weighted by atomic mass is 16.6. The monoisotopic (exact) mass is 245 g/mol.